The number of unbranched alkanes of at least 4 members (excludes halogenated alkanes) is 1. The van der Waals surface area contributed by atoms with Gasteiger partial charge in [0.2, 0.25) is 11.0 Å². The number of aromatic nitrogens is 5. The Morgan fingerprint density at radius 3 is 3.00 bits per heavy atom. The molecule has 0 aliphatic rings. The summed E-state index contributed by atoms with van der Waals surface area (Å²) in [5.41, 5.74) is 2.02. The highest BCUT2D eigenvalue weighted by molar-refractivity contribution is 7.71. The van der Waals surface area contributed by atoms with Crippen molar-refractivity contribution in [3.05, 3.63) is 39.6 Å². The van der Waals surface area contributed by atoms with E-state index in [1.54, 1.807) is 4.57 Å². The van der Waals surface area contributed by atoms with Crippen LogP contribution in [0.25, 0.3) is 11.4 Å². The number of carbonyl (C=O) groups is 1. The first kappa shape index (κ1) is 18.4. The van der Waals surface area contributed by atoms with Crippen molar-refractivity contribution in [1.82, 2.24) is 25.0 Å². The molecule has 2 heterocycles. The summed E-state index contributed by atoms with van der Waals surface area (Å²) < 4.78 is 2.08. The number of aryl methyl sites for hydroxylation is 2. The fraction of sp³-hybridized carbons (Fsp3) is 0.353. The minimum Gasteiger partial charge on any atom is -0.299 e. The monoisotopic (exact) mass is 388 g/mol. The molecule has 0 saturated carbocycles. The maximum Gasteiger partial charge on any atom is 0.246 e. The highest BCUT2D eigenvalue weighted by Gasteiger charge is 2.14. The second kappa shape index (κ2) is 8.33. The molecule has 1 aromatic carbocycles. The molecule has 1 amide bonds. The van der Waals surface area contributed by atoms with E-state index in [2.05, 4.69) is 32.6 Å². The lowest BCUT2D eigenvalue weighted by Gasteiger charge is -2.07. The van der Waals surface area contributed by atoms with Gasteiger partial charge < -0.3 is 0 Å². The van der Waals surface area contributed by atoms with Crippen LogP contribution in [0.15, 0.2) is 24.3 Å². The van der Waals surface area contributed by atoms with Gasteiger partial charge in [-0.3, -0.25) is 19.8 Å². The molecule has 0 aliphatic carbocycles. The molecule has 2 N–H and O–H groups in total. The zero-order valence-corrected chi connectivity index (χ0v) is 16.3. The van der Waals surface area contributed by atoms with Crippen LogP contribution >= 0.6 is 23.6 Å². The van der Waals surface area contributed by atoms with Gasteiger partial charge in [0.05, 0.1) is 0 Å². The van der Waals surface area contributed by atoms with Gasteiger partial charge >= 0.3 is 0 Å². The van der Waals surface area contributed by atoms with E-state index >= 15 is 0 Å². The van der Waals surface area contributed by atoms with Crippen molar-refractivity contribution in [2.24, 2.45) is 0 Å². The molecule has 0 fully saturated rings. The van der Waals surface area contributed by atoms with Crippen LogP contribution in [0.1, 0.15) is 30.3 Å². The van der Waals surface area contributed by atoms with E-state index in [4.69, 9.17) is 12.2 Å². The number of anilines is 1. The first-order valence-electron chi connectivity index (χ1n) is 8.41. The summed E-state index contributed by atoms with van der Waals surface area (Å²) >= 11 is 6.69. The number of aromatic amines is 1. The largest absolute Gasteiger partial charge is 0.299 e. The van der Waals surface area contributed by atoms with Crippen LogP contribution in [0.4, 0.5) is 5.13 Å². The van der Waals surface area contributed by atoms with Crippen LogP contribution in [0.3, 0.4) is 0 Å². The lowest BCUT2D eigenvalue weighted by Crippen LogP contribution is -2.19. The number of hydrogen-bond acceptors (Lipinski definition) is 6. The molecule has 2 aromatic heterocycles. The van der Waals surface area contributed by atoms with Gasteiger partial charge in [-0.2, -0.15) is 5.10 Å². The molecule has 0 radical (unpaired) electrons. The molecule has 0 saturated heterocycles. The lowest BCUT2D eigenvalue weighted by atomic mass is 10.1. The molecule has 26 heavy (non-hydrogen) atoms. The molecule has 0 aliphatic heterocycles. The Balaban J connectivity index is 1.73. The average molecular weight is 389 g/mol. The van der Waals surface area contributed by atoms with Crippen molar-refractivity contribution in [2.75, 3.05) is 5.32 Å². The van der Waals surface area contributed by atoms with Crippen molar-refractivity contribution in [3.8, 4) is 11.4 Å². The summed E-state index contributed by atoms with van der Waals surface area (Å²) in [5, 5.41) is 19.4. The fourth-order valence-corrected chi connectivity index (χ4v) is 3.50. The fourth-order valence-electron chi connectivity index (χ4n) is 2.50. The zero-order chi connectivity index (χ0) is 18.5. The number of benzene rings is 1. The van der Waals surface area contributed by atoms with E-state index in [1.165, 1.54) is 11.3 Å². The predicted octanol–water partition coefficient (Wildman–Crippen LogP) is 3.75. The standard InChI is InChI=1S/C17H20N6OS2/c1-3-4-8-14-19-21-16(26-14)18-13(24)10-23-15(20-22-17(23)25)12-7-5-6-11(2)9-12/h5-7,9H,3-4,8,10H2,1-2H3,(H,22,25)(H,18,21,24). The Labute approximate surface area is 160 Å². The van der Waals surface area contributed by atoms with E-state index in [-0.39, 0.29) is 12.5 Å². The number of hydrogen-bond donors (Lipinski definition) is 2. The first-order valence-corrected chi connectivity index (χ1v) is 9.63. The van der Waals surface area contributed by atoms with Crippen molar-refractivity contribution in [2.45, 2.75) is 39.7 Å². The predicted molar refractivity (Wildman–Crippen MR) is 105 cm³/mol. The van der Waals surface area contributed by atoms with Gasteiger partial charge in [-0.05, 0) is 31.6 Å². The number of amides is 1. The molecule has 3 rings (SSSR count). The molecule has 0 unspecified atom stereocenters. The van der Waals surface area contributed by atoms with Gasteiger partial charge in [0, 0.05) is 12.0 Å². The third-order valence-electron chi connectivity index (χ3n) is 3.79. The van der Waals surface area contributed by atoms with Crippen molar-refractivity contribution < 1.29 is 4.79 Å². The molecular formula is C17H20N6OS2. The molecule has 0 spiro atoms. The summed E-state index contributed by atoms with van der Waals surface area (Å²) in [6.07, 6.45) is 3.04. The normalized spacial score (nSPS) is 10.8. The lowest BCUT2D eigenvalue weighted by molar-refractivity contribution is -0.116. The van der Waals surface area contributed by atoms with Crippen LogP contribution in [0, 0.1) is 11.7 Å². The Hall–Kier alpha value is -2.39. The van der Waals surface area contributed by atoms with Crippen LogP contribution in [0.5, 0.6) is 0 Å². The SMILES string of the molecule is CCCCc1nnc(NC(=O)Cn2c(-c3cccc(C)c3)n[nH]c2=S)s1. The van der Waals surface area contributed by atoms with Crippen LogP contribution in [0.2, 0.25) is 0 Å². The second-order valence-corrected chi connectivity index (χ2v) is 7.41. The van der Waals surface area contributed by atoms with Gasteiger partial charge in [0.1, 0.15) is 11.6 Å². The van der Waals surface area contributed by atoms with Crippen LogP contribution < -0.4 is 5.32 Å². The maximum absolute atomic E-state index is 12.4. The van der Waals surface area contributed by atoms with Crippen molar-refractivity contribution in [1.29, 1.82) is 0 Å². The molecule has 3 aromatic rings. The van der Waals surface area contributed by atoms with Crippen LogP contribution in [-0.2, 0) is 17.8 Å². The molecule has 136 valence electrons. The quantitative estimate of drug-likeness (QED) is 0.602. The number of nitrogens with one attached hydrogen (secondary N) is 2. The summed E-state index contributed by atoms with van der Waals surface area (Å²) in [5.74, 6) is 0.421. The van der Waals surface area contributed by atoms with Gasteiger partial charge in [0.15, 0.2) is 10.6 Å². The first-order chi connectivity index (χ1) is 12.6. The number of nitrogens with zero attached hydrogens (tertiary/aromatic N) is 4. The third kappa shape index (κ3) is 4.41. The summed E-state index contributed by atoms with van der Waals surface area (Å²) in [4.78, 5) is 12.4. The third-order valence-corrected chi connectivity index (χ3v) is 5.00. The van der Waals surface area contributed by atoms with E-state index in [0.29, 0.717) is 15.7 Å². The van der Waals surface area contributed by atoms with Gasteiger partial charge in [0.25, 0.3) is 0 Å². The van der Waals surface area contributed by atoms with Gasteiger partial charge in [-0.15, -0.1) is 10.2 Å². The highest BCUT2D eigenvalue weighted by atomic mass is 32.1. The van der Waals surface area contributed by atoms with Crippen LogP contribution in [-0.4, -0.2) is 30.9 Å². The summed E-state index contributed by atoms with van der Waals surface area (Å²) in [6, 6.07) is 7.90. The Kier molecular flexibility index (Phi) is 5.89. The summed E-state index contributed by atoms with van der Waals surface area (Å²) in [7, 11) is 0. The number of rotatable bonds is 7. The van der Waals surface area contributed by atoms with Gasteiger partial charge in [-0.1, -0.05) is 48.4 Å². The average Bonchev–Trinajstić information content (AvgIpc) is 3.20. The second-order valence-electron chi connectivity index (χ2n) is 5.96. The van der Waals surface area contributed by atoms with Crippen molar-refractivity contribution >= 4 is 34.6 Å². The highest BCUT2D eigenvalue weighted by Crippen LogP contribution is 2.20. The van der Waals surface area contributed by atoms with E-state index in [1.807, 2.05) is 31.2 Å². The smallest absolute Gasteiger partial charge is 0.246 e. The number of carbonyl (C=O) groups excluding carboxylic acids is 1. The van der Waals surface area contributed by atoms with Crippen molar-refractivity contribution in [3.63, 3.8) is 0 Å². The minimum atomic E-state index is -0.213. The summed E-state index contributed by atoms with van der Waals surface area (Å²) in [6.45, 7) is 4.19. The molecular weight excluding hydrogens is 368 g/mol. The Morgan fingerprint density at radius 2 is 2.23 bits per heavy atom. The van der Waals surface area contributed by atoms with E-state index in [0.717, 1.165) is 35.4 Å². The van der Waals surface area contributed by atoms with E-state index in [9.17, 15) is 4.79 Å². The topological polar surface area (TPSA) is 88.5 Å². The molecule has 9 heteroatoms. The molecule has 0 bridgehead atoms. The zero-order valence-electron chi connectivity index (χ0n) is 14.7. The number of H-pyrrole nitrogens is 1. The Bertz CT molecular complexity index is 958. The maximum atomic E-state index is 12.4. The molecule has 0 atom stereocenters. The molecule has 7 nitrogen and oxygen atoms in total. The minimum absolute atomic E-state index is 0.0580. The Morgan fingerprint density at radius 1 is 1.38 bits per heavy atom. The van der Waals surface area contributed by atoms with E-state index < -0.39 is 0 Å². The van der Waals surface area contributed by atoms with Gasteiger partial charge in [-0.25, -0.2) is 0 Å².